The van der Waals surface area contributed by atoms with Crippen LogP contribution in [0.4, 0.5) is 65.9 Å². The van der Waals surface area contributed by atoms with Crippen molar-refractivity contribution in [3.05, 3.63) is 0 Å². The van der Waals surface area contributed by atoms with Crippen molar-refractivity contribution in [2.24, 2.45) is 0 Å². The molecule has 0 heterocycles. The lowest BCUT2D eigenvalue weighted by Gasteiger charge is -2.43. The molecule has 0 bridgehead atoms. The van der Waals surface area contributed by atoms with E-state index in [1.165, 1.54) is 0 Å². The molecule has 0 spiro atoms. The van der Waals surface area contributed by atoms with Crippen molar-refractivity contribution in [2.75, 3.05) is 27.2 Å². The summed E-state index contributed by atoms with van der Waals surface area (Å²) in [6.45, 7) is -4.41. The van der Waals surface area contributed by atoms with Gasteiger partial charge in [-0.15, -0.1) is 0 Å². The van der Waals surface area contributed by atoms with E-state index in [9.17, 15) is 75.8 Å². The van der Waals surface area contributed by atoms with Crippen molar-refractivity contribution in [3.63, 3.8) is 0 Å². The molecule has 180 valence electrons. The number of carbonyl (C=O) groups excluding carboxylic acids is 1. The largest absolute Gasteiger partial charge is 0.544 e. The number of carboxylic acids is 1. The van der Waals surface area contributed by atoms with Gasteiger partial charge in [-0.25, -0.2) is 0 Å². The van der Waals surface area contributed by atoms with Crippen LogP contribution in [0.15, 0.2) is 0 Å². The quantitative estimate of drug-likeness (QED) is 0.372. The van der Waals surface area contributed by atoms with Gasteiger partial charge in [0.2, 0.25) is 0 Å². The summed E-state index contributed by atoms with van der Waals surface area (Å²) in [7, 11) is 0.672. The maximum absolute atomic E-state index is 13.6. The lowest BCUT2D eigenvalue weighted by atomic mass is 9.90. The number of rotatable bonds is 9. The Labute approximate surface area is 156 Å². The molecule has 0 aromatic rings. The number of likely N-dealkylation sites (N-methyl/N-ethyl adjacent to an activating group) is 1. The SMILES string of the molecule is C[N+](C)(CC(=O)[O-])CC(F)(F)C(F)(F)C(F)(F)C(F)(F)C(F)(F)C(F)(F)C(F)(F)F. The Morgan fingerprint density at radius 1 is 0.633 bits per heavy atom. The van der Waals surface area contributed by atoms with Crippen molar-refractivity contribution >= 4 is 5.97 Å². The van der Waals surface area contributed by atoms with E-state index in [1.807, 2.05) is 0 Å². The Morgan fingerprint density at radius 2 is 0.933 bits per heavy atom. The fourth-order valence-corrected chi connectivity index (χ4v) is 2.04. The van der Waals surface area contributed by atoms with E-state index in [0.717, 1.165) is 0 Å². The van der Waals surface area contributed by atoms with Gasteiger partial charge in [0.25, 0.3) is 0 Å². The van der Waals surface area contributed by atoms with Gasteiger partial charge in [-0.05, 0) is 0 Å². The lowest BCUT2D eigenvalue weighted by molar-refractivity contribution is -0.894. The van der Waals surface area contributed by atoms with E-state index in [1.54, 1.807) is 0 Å². The highest BCUT2D eigenvalue weighted by molar-refractivity contribution is 5.65. The van der Waals surface area contributed by atoms with Crippen LogP contribution in [0.1, 0.15) is 0 Å². The van der Waals surface area contributed by atoms with Gasteiger partial charge in [-0.1, -0.05) is 0 Å². The smallest absolute Gasteiger partial charge is 0.460 e. The van der Waals surface area contributed by atoms with Crippen molar-refractivity contribution < 1.29 is 80.2 Å². The molecule has 0 unspecified atom stereocenters. The van der Waals surface area contributed by atoms with E-state index < -0.39 is 65.3 Å². The topological polar surface area (TPSA) is 40.1 Å². The van der Waals surface area contributed by atoms with Crippen molar-refractivity contribution in [3.8, 4) is 0 Å². The summed E-state index contributed by atoms with van der Waals surface area (Å²) in [4.78, 5) is 10.3. The third kappa shape index (κ3) is 4.23. The summed E-state index contributed by atoms with van der Waals surface area (Å²) in [6, 6.07) is 0. The van der Waals surface area contributed by atoms with Crippen LogP contribution in [0.25, 0.3) is 0 Å². The van der Waals surface area contributed by atoms with E-state index in [0.29, 0.717) is 14.1 Å². The number of alkyl halides is 15. The highest BCUT2D eigenvalue weighted by atomic mass is 19.4. The molecule has 18 heteroatoms. The summed E-state index contributed by atoms with van der Waals surface area (Å²) in [5, 5.41) is 10.3. The summed E-state index contributed by atoms with van der Waals surface area (Å²) < 4.78 is 193. The predicted molar refractivity (Wildman–Crippen MR) is 62.6 cm³/mol. The van der Waals surface area contributed by atoms with Gasteiger partial charge in [-0.3, -0.25) is 0 Å². The molecule has 30 heavy (non-hydrogen) atoms. The molecule has 0 rings (SSSR count). The number of halogens is 15. The first kappa shape index (κ1) is 28.4. The summed E-state index contributed by atoms with van der Waals surface area (Å²) in [5.74, 6) is -49.3. The molecule has 0 fully saturated rings. The zero-order chi connectivity index (χ0) is 25.0. The van der Waals surface area contributed by atoms with E-state index >= 15 is 0 Å². The number of aliphatic carboxylic acids is 1. The number of carbonyl (C=O) groups is 1. The molecule has 0 aliphatic rings. The number of nitrogens with zero attached hydrogens (tertiary/aromatic N) is 1. The standard InChI is InChI=1S/C12H10F15NO2/c1-28(2,3-5(29)30)4-6(13,14)7(15,16)8(17,18)9(19,20)10(21,22)11(23,24)12(25,26)27/h3-4H2,1-2H3. The van der Waals surface area contributed by atoms with Gasteiger partial charge in [0, 0.05) is 0 Å². The Bertz CT molecular complexity index is 652. The minimum Gasteiger partial charge on any atom is -0.544 e. The van der Waals surface area contributed by atoms with Crippen LogP contribution in [0.2, 0.25) is 0 Å². The lowest BCUT2D eigenvalue weighted by Crippen LogP contribution is -2.74. The number of carboxylic acid groups (broad SMARTS) is 1. The third-order valence-electron chi connectivity index (χ3n) is 3.58. The van der Waals surface area contributed by atoms with Gasteiger partial charge in [0.1, 0.15) is 13.1 Å². The molecule has 0 aromatic carbocycles. The third-order valence-corrected chi connectivity index (χ3v) is 3.58. The van der Waals surface area contributed by atoms with Gasteiger partial charge in [0.15, 0.2) is 0 Å². The zero-order valence-electron chi connectivity index (χ0n) is 14.3. The molecular formula is C12H10F15NO2. The minimum absolute atomic E-state index is 0.336. The molecule has 0 saturated carbocycles. The van der Waals surface area contributed by atoms with Crippen LogP contribution in [-0.2, 0) is 4.79 Å². The molecule has 0 radical (unpaired) electrons. The molecule has 3 nitrogen and oxygen atoms in total. The highest BCUT2D eigenvalue weighted by Gasteiger charge is 2.93. The second-order valence-electron chi connectivity index (χ2n) is 6.70. The second-order valence-corrected chi connectivity index (χ2v) is 6.70. The first-order valence-electron chi connectivity index (χ1n) is 6.98. The Morgan fingerprint density at radius 3 is 1.23 bits per heavy atom. The summed E-state index contributed by atoms with van der Waals surface area (Å²) in [5.41, 5.74) is 0. The number of hydrogen-bond acceptors (Lipinski definition) is 2. The van der Waals surface area contributed by atoms with Gasteiger partial charge in [-0.2, -0.15) is 65.9 Å². The molecule has 0 aliphatic heterocycles. The first-order chi connectivity index (χ1) is 12.6. The van der Waals surface area contributed by atoms with E-state index in [4.69, 9.17) is 0 Å². The predicted octanol–water partition coefficient (Wildman–Crippen LogP) is 3.19. The Balaban J connectivity index is 6.45. The number of hydrogen-bond donors (Lipinski definition) is 0. The average Bonchev–Trinajstić information content (AvgIpc) is 2.41. The normalized spacial score (nSPS) is 16.0. The Kier molecular flexibility index (Phi) is 6.83. The van der Waals surface area contributed by atoms with Crippen LogP contribution >= 0.6 is 0 Å². The van der Waals surface area contributed by atoms with E-state index in [-0.39, 0.29) is 0 Å². The summed E-state index contributed by atoms with van der Waals surface area (Å²) in [6.07, 6.45) is -7.67. The average molecular weight is 485 g/mol. The van der Waals surface area contributed by atoms with Crippen LogP contribution in [-0.4, -0.2) is 79.3 Å². The molecule has 0 aromatic heterocycles. The molecular weight excluding hydrogens is 475 g/mol. The Hall–Kier alpha value is -1.62. The van der Waals surface area contributed by atoms with Crippen LogP contribution < -0.4 is 5.11 Å². The maximum Gasteiger partial charge on any atom is 0.460 e. The molecule has 0 N–H and O–H groups in total. The summed E-state index contributed by atoms with van der Waals surface area (Å²) >= 11 is 0. The maximum atomic E-state index is 13.6. The van der Waals surface area contributed by atoms with Crippen LogP contribution in [0.5, 0.6) is 0 Å². The molecule has 0 amide bonds. The van der Waals surface area contributed by atoms with Crippen LogP contribution in [0, 0.1) is 0 Å². The monoisotopic (exact) mass is 485 g/mol. The van der Waals surface area contributed by atoms with Crippen molar-refractivity contribution in [2.45, 2.75) is 41.7 Å². The van der Waals surface area contributed by atoms with Gasteiger partial charge in [0.05, 0.1) is 20.1 Å². The van der Waals surface area contributed by atoms with Crippen molar-refractivity contribution in [1.82, 2.24) is 0 Å². The fraction of sp³-hybridized carbons (Fsp3) is 0.917. The highest BCUT2D eigenvalue weighted by Crippen LogP contribution is 2.62. The van der Waals surface area contributed by atoms with Crippen LogP contribution in [0.3, 0.4) is 0 Å². The van der Waals surface area contributed by atoms with Gasteiger partial charge >= 0.3 is 41.7 Å². The van der Waals surface area contributed by atoms with Crippen molar-refractivity contribution in [1.29, 1.82) is 0 Å². The first-order valence-corrected chi connectivity index (χ1v) is 6.98. The molecule has 0 saturated heterocycles. The fourth-order valence-electron chi connectivity index (χ4n) is 2.04. The number of quaternary nitrogens is 1. The molecule has 0 atom stereocenters. The second kappa shape index (κ2) is 7.22. The zero-order valence-corrected chi connectivity index (χ0v) is 14.3. The van der Waals surface area contributed by atoms with E-state index in [2.05, 4.69) is 0 Å². The molecule has 0 aliphatic carbocycles. The van der Waals surface area contributed by atoms with Gasteiger partial charge < -0.3 is 14.4 Å². The minimum atomic E-state index is -8.36.